The number of sulfonamides is 1. The van der Waals surface area contributed by atoms with Crippen molar-refractivity contribution < 1.29 is 13.2 Å². The minimum absolute atomic E-state index is 0.0361. The van der Waals surface area contributed by atoms with Crippen LogP contribution in [0.3, 0.4) is 0 Å². The first-order valence-corrected chi connectivity index (χ1v) is 9.35. The van der Waals surface area contributed by atoms with Crippen molar-refractivity contribution in [1.29, 1.82) is 0 Å². The van der Waals surface area contributed by atoms with E-state index in [2.05, 4.69) is 10.0 Å². The molecule has 5 nitrogen and oxygen atoms in total. The summed E-state index contributed by atoms with van der Waals surface area (Å²) in [5.41, 5.74) is 1.20. The van der Waals surface area contributed by atoms with Crippen LogP contribution in [0.2, 0.25) is 0 Å². The lowest BCUT2D eigenvalue weighted by Gasteiger charge is -2.12. The summed E-state index contributed by atoms with van der Waals surface area (Å²) in [6, 6.07) is 15.4. The molecule has 0 unspecified atom stereocenters. The molecule has 2 N–H and O–H groups in total. The fourth-order valence-electron chi connectivity index (χ4n) is 2.07. The zero-order valence-corrected chi connectivity index (χ0v) is 14.6. The van der Waals surface area contributed by atoms with Crippen LogP contribution in [-0.4, -0.2) is 20.4 Å². The van der Waals surface area contributed by atoms with E-state index in [9.17, 15) is 13.2 Å². The number of hydrogen-bond donors (Lipinski definition) is 2. The molecule has 1 atom stereocenters. The van der Waals surface area contributed by atoms with Crippen molar-refractivity contribution in [2.24, 2.45) is 0 Å². The van der Waals surface area contributed by atoms with Crippen LogP contribution in [0.15, 0.2) is 59.5 Å². The van der Waals surface area contributed by atoms with Crippen LogP contribution in [-0.2, 0) is 16.6 Å². The first-order chi connectivity index (χ1) is 11.4. The SMILES string of the molecule is CC[C@@H](C)NC(=O)c1cccc(S(=O)(=O)NCc2ccccc2)c1. The topological polar surface area (TPSA) is 75.3 Å². The molecule has 2 rings (SSSR count). The van der Waals surface area contributed by atoms with Crippen molar-refractivity contribution in [2.45, 2.75) is 37.8 Å². The summed E-state index contributed by atoms with van der Waals surface area (Å²) < 4.78 is 27.4. The Morgan fingerprint density at radius 3 is 2.46 bits per heavy atom. The van der Waals surface area contributed by atoms with Gasteiger partial charge in [0.1, 0.15) is 0 Å². The predicted molar refractivity (Wildman–Crippen MR) is 94.1 cm³/mol. The second-order valence-corrected chi connectivity index (χ2v) is 7.39. The van der Waals surface area contributed by atoms with Gasteiger partial charge in [-0.1, -0.05) is 43.3 Å². The van der Waals surface area contributed by atoms with Crippen molar-refractivity contribution in [1.82, 2.24) is 10.0 Å². The Labute approximate surface area is 143 Å². The summed E-state index contributed by atoms with van der Waals surface area (Å²) in [4.78, 5) is 12.2. The third kappa shape index (κ3) is 4.91. The molecule has 6 heteroatoms. The normalized spacial score (nSPS) is 12.6. The number of rotatable bonds is 7. The highest BCUT2D eigenvalue weighted by molar-refractivity contribution is 7.89. The van der Waals surface area contributed by atoms with Gasteiger partial charge in [0.25, 0.3) is 5.91 Å². The van der Waals surface area contributed by atoms with Crippen molar-refractivity contribution in [3.8, 4) is 0 Å². The average molecular weight is 346 g/mol. The number of nitrogens with one attached hydrogen (secondary N) is 2. The van der Waals surface area contributed by atoms with Gasteiger partial charge in [0, 0.05) is 18.2 Å². The van der Waals surface area contributed by atoms with Gasteiger partial charge in [-0.3, -0.25) is 4.79 Å². The predicted octanol–water partition coefficient (Wildman–Crippen LogP) is 2.69. The van der Waals surface area contributed by atoms with Gasteiger partial charge in [0.15, 0.2) is 0 Å². The molecule has 0 spiro atoms. The number of benzene rings is 2. The van der Waals surface area contributed by atoms with Crippen LogP contribution in [0.5, 0.6) is 0 Å². The molecule has 128 valence electrons. The third-order valence-corrected chi connectivity index (χ3v) is 5.10. The van der Waals surface area contributed by atoms with E-state index in [1.807, 2.05) is 44.2 Å². The molecule has 1 amide bonds. The van der Waals surface area contributed by atoms with Gasteiger partial charge in [-0.2, -0.15) is 0 Å². The highest BCUT2D eigenvalue weighted by Gasteiger charge is 2.16. The number of carbonyl (C=O) groups excluding carboxylic acids is 1. The van der Waals surface area contributed by atoms with E-state index in [1.54, 1.807) is 12.1 Å². The van der Waals surface area contributed by atoms with Crippen molar-refractivity contribution in [3.63, 3.8) is 0 Å². The maximum Gasteiger partial charge on any atom is 0.251 e. The van der Waals surface area contributed by atoms with Crippen molar-refractivity contribution in [3.05, 3.63) is 65.7 Å². The molecule has 2 aromatic carbocycles. The second-order valence-electron chi connectivity index (χ2n) is 5.62. The first kappa shape index (κ1) is 18.2. The maximum atomic E-state index is 12.4. The van der Waals surface area contributed by atoms with Gasteiger partial charge >= 0.3 is 0 Å². The lowest BCUT2D eigenvalue weighted by Crippen LogP contribution is -2.32. The van der Waals surface area contributed by atoms with Gasteiger partial charge in [-0.15, -0.1) is 0 Å². The van der Waals surface area contributed by atoms with Crippen LogP contribution in [0.1, 0.15) is 36.2 Å². The van der Waals surface area contributed by atoms with Gasteiger partial charge in [0.05, 0.1) is 4.90 Å². The maximum absolute atomic E-state index is 12.4. The zero-order valence-electron chi connectivity index (χ0n) is 13.8. The number of amides is 1. The highest BCUT2D eigenvalue weighted by atomic mass is 32.2. The molecule has 0 aliphatic rings. The smallest absolute Gasteiger partial charge is 0.251 e. The molecule has 0 aliphatic carbocycles. The van der Waals surface area contributed by atoms with E-state index < -0.39 is 10.0 Å². The molecular weight excluding hydrogens is 324 g/mol. The van der Waals surface area contributed by atoms with E-state index >= 15 is 0 Å². The molecular formula is C18H22N2O3S. The summed E-state index contributed by atoms with van der Waals surface area (Å²) >= 11 is 0. The molecule has 0 bridgehead atoms. The van der Waals surface area contributed by atoms with Crippen molar-refractivity contribution in [2.75, 3.05) is 0 Å². The minimum atomic E-state index is -3.68. The number of carbonyl (C=O) groups is 1. The van der Waals surface area contributed by atoms with Gasteiger partial charge < -0.3 is 5.32 Å². The Balaban J connectivity index is 2.13. The molecule has 0 heterocycles. The van der Waals surface area contributed by atoms with Crippen molar-refractivity contribution >= 4 is 15.9 Å². The standard InChI is InChI=1S/C18H22N2O3S/c1-3-14(2)20-18(21)16-10-7-11-17(12-16)24(22,23)19-13-15-8-5-4-6-9-15/h4-12,14,19H,3,13H2,1-2H3,(H,20,21)/t14-/m1/s1. The molecule has 2 aromatic rings. The van der Waals surface area contributed by atoms with E-state index in [-0.39, 0.29) is 23.4 Å². The van der Waals surface area contributed by atoms with Gasteiger partial charge in [-0.05, 0) is 37.1 Å². The zero-order chi connectivity index (χ0) is 17.6. The quantitative estimate of drug-likeness (QED) is 0.809. The second kappa shape index (κ2) is 8.08. The molecule has 0 aromatic heterocycles. The summed E-state index contributed by atoms with van der Waals surface area (Å²) in [6.45, 7) is 4.08. The van der Waals surface area contributed by atoms with Crippen LogP contribution in [0, 0.1) is 0 Å². The van der Waals surface area contributed by atoms with E-state index in [1.165, 1.54) is 12.1 Å². The Kier molecular flexibility index (Phi) is 6.11. The minimum Gasteiger partial charge on any atom is -0.350 e. The Bertz CT molecular complexity index is 789. The Hall–Kier alpha value is -2.18. The van der Waals surface area contributed by atoms with E-state index in [0.717, 1.165) is 12.0 Å². The van der Waals surface area contributed by atoms with Crippen LogP contribution >= 0.6 is 0 Å². The first-order valence-electron chi connectivity index (χ1n) is 7.87. The van der Waals surface area contributed by atoms with Gasteiger partial charge in [0.2, 0.25) is 10.0 Å². The fourth-order valence-corrected chi connectivity index (χ4v) is 3.13. The molecule has 0 aliphatic heterocycles. The van der Waals surface area contributed by atoms with E-state index in [0.29, 0.717) is 5.56 Å². The summed E-state index contributed by atoms with van der Waals surface area (Å²) in [5, 5.41) is 2.83. The van der Waals surface area contributed by atoms with Crippen LogP contribution in [0.25, 0.3) is 0 Å². The van der Waals surface area contributed by atoms with Crippen LogP contribution < -0.4 is 10.0 Å². The van der Waals surface area contributed by atoms with Gasteiger partial charge in [-0.25, -0.2) is 13.1 Å². The summed E-state index contributed by atoms with van der Waals surface area (Å²) in [5.74, 6) is -0.274. The molecule has 0 saturated heterocycles. The molecule has 0 saturated carbocycles. The molecule has 0 radical (unpaired) electrons. The van der Waals surface area contributed by atoms with E-state index in [4.69, 9.17) is 0 Å². The van der Waals surface area contributed by atoms with Crippen LogP contribution in [0.4, 0.5) is 0 Å². The lowest BCUT2D eigenvalue weighted by molar-refractivity contribution is 0.0939. The largest absolute Gasteiger partial charge is 0.350 e. The summed E-state index contributed by atoms with van der Waals surface area (Å²) in [7, 11) is -3.68. The highest BCUT2D eigenvalue weighted by Crippen LogP contribution is 2.13. The Morgan fingerprint density at radius 1 is 1.08 bits per heavy atom. The monoisotopic (exact) mass is 346 g/mol. The fraction of sp³-hybridized carbons (Fsp3) is 0.278. The molecule has 0 fully saturated rings. The average Bonchev–Trinajstić information content (AvgIpc) is 2.61. The lowest BCUT2D eigenvalue weighted by atomic mass is 10.2. The number of hydrogen-bond acceptors (Lipinski definition) is 3. The third-order valence-electron chi connectivity index (χ3n) is 3.71. The molecule has 24 heavy (non-hydrogen) atoms. The Morgan fingerprint density at radius 2 is 1.79 bits per heavy atom. The summed E-state index contributed by atoms with van der Waals surface area (Å²) in [6.07, 6.45) is 0.808.